The molecule has 0 amide bonds. The van der Waals surface area contributed by atoms with Gasteiger partial charge in [-0.05, 0) is 19.8 Å². The summed E-state index contributed by atoms with van der Waals surface area (Å²) in [6, 6.07) is 0. The van der Waals surface area contributed by atoms with Crippen LogP contribution in [0.4, 0.5) is 0 Å². The molecule has 1 aromatic rings. The van der Waals surface area contributed by atoms with E-state index in [1.807, 2.05) is 13.8 Å². The predicted octanol–water partition coefficient (Wildman–Crippen LogP) is 1.28. The summed E-state index contributed by atoms with van der Waals surface area (Å²) in [6.07, 6.45) is 2.76. The van der Waals surface area contributed by atoms with Gasteiger partial charge in [-0.3, -0.25) is 4.79 Å². The molecule has 0 saturated carbocycles. The molecule has 0 radical (unpaired) electrons. The molecule has 0 aliphatic carbocycles. The summed E-state index contributed by atoms with van der Waals surface area (Å²) in [4.78, 5) is 11.8. The highest BCUT2D eigenvalue weighted by molar-refractivity contribution is 5.77. The van der Waals surface area contributed by atoms with E-state index in [1.165, 1.54) is 0 Å². The number of hydrogen-bond donors (Lipinski definition) is 0. The lowest BCUT2D eigenvalue weighted by molar-refractivity contribution is -0.145. The fourth-order valence-corrected chi connectivity index (χ4v) is 2.13. The van der Waals surface area contributed by atoms with Crippen LogP contribution < -0.4 is 0 Å². The van der Waals surface area contributed by atoms with Gasteiger partial charge in [-0.15, -0.1) is 10.2 Å². The lowest BCUT2D eigenvalue weighted by atomic mass is 10.1. The van der Waals surface area contributed by atoms with Crippen molar-refractivity contribution in [3.63, 3.8) is 0 Å². The number of esters is 1. The molecule has 0 saturated heterocycles. The van der Waals surface area contributed by atoms with Gasteiger partial charge in [-0.1, -0.05) is 6.92 Å². The maximum atomic E-state index is 11.8. The number of ether oxygens (including phenoxy) is 1. The molecule has 0 spiro atoms. The molecule has 1 aliphatic rings. The molecule has 0 N–H and O–H groups in total. The molecule has 5 nitrogen and oxygen atoms in total. The summed E-state index contributed by atoms with van der Waals surface area (Å²) in [5.74, 6) is 1.32. The zero-order valence-electron chi connectivity index (χ0n) is 9.77. The lowest BCUT2D eigenvalue weighted by Gasteiger charge is -2.13. The smallest absolute Gasteiger partial charge is 0.316 e. The zero-order valence-corrected chi connectivity index (χ0v) is 9.77. The van der Waals surface area contributed by atoms with E-state index in [1.54, 1.807) is 0 Å². The Hall–Kier alpha value is -1.39. The summed E-state index contributed by atoms with van der Waals surface area (Å²) in [6.45, 7) is 5.13. The number of hydrogen-bond acceptors (Lipinski definition) is 4. The number of aromatic nitrogens is 3. The second-order valence-electron chi connectivity index (χ2n) is 3.94. The van der Waals surface area contributed by atoms with Gasteiger partial charge in [0.1, 0.15) is 17.6 Å². The van der Waals surface area contributed by atoms with Crippen LogP contribution in [0.2, 0.25) is 0 Å². The molecule has 1 atom stereocenters. The molecule has 16 heavy (non-hydrogen) atoms. The molecule has 0 aromatic carbocycles. The molecule has 88 valence electrons. The van der Waals surface area contributed by atoms with Crippen molar-refractivity contribution in [1.29, 1.82) is 0 Å². The number of fused-ring (bicyclic) bond motifs is 1. The summed E-state index contributed by atoms with van der Waals surface area (Å²) in [5.41, 5.74) is 0. The van der Waals surface area contributed by atoms with Crippen LogP contribution in [-0.4, -0.2) is 27.3 Å². The first kappa shape index (κ1) is 11.1. The molecule has 2 rings (SSSR count). The van der Waals surface area contributed by atoms with Crippen molar-refractivity contribution < 1.29 is 9.53 Å². The van der Waals surface area contributed by atoms with E-state index in [0.29, 0.717) is 13.0 Å². The minimum Gasteiger partial charge on any atom is -0.465 e. The Morgan fingerprint density at radius 3 is 3.00 bits per heavy atom. The van der Waals surface area contributed by atoms with Gasteiger partial charge in [0, 0.05) is 13.0 Å². The topological polar surface area (TPSA) is 57.0 Å². The summed E-state index contributed by atoms with van der Waals surface area (Å²) < 4.78 is 7.12. The van der Waals surface area contributed by atoms with Gasteiger partial charge >= 0.3 is 5.97 Å². The van der Waals surface area contributed by atoms with Gasteiger partial charge in [0.25, 0.3) is 0 Å². The minimum absolute atomic E-state index is 0.188. The van der Waals surface area contributed by atoms with Crippen LogP contribution >= 0.6 is 0 Å². The maximum absolute atomic E-state index is 11.8. The Morgan fingerprint density at radius 1 is 1.50 bits per heavy atom. The number of aryl methyl sites for hydroxylation is 1. The van der Waals surface area contributed by atoms with Crippen LogP contribution in [0.3, 0.4) is 0 Å². The van der Waals surface area contributed by atoms with E-state index in [2.05, 4.69) is 14.8 Å². The fourth-order valence-electron chi connectivity index (χ4n) is 2.13. The Kier molecular flexibility index (Phi) is 3.22. The Balaban J connectivity index is 2.23. The second kappa shape index (κ2) is 4.63. The molecular weight excluding hydrogens is 206 g/mol. The van der Waals surface area contributed by atoms with Crippen molar-refractivity contribution in [2.75, 3.05) is 6.61 Å². The van der Waals surface area contributed by atoms with Crippen LogP contribution in [0.15, 0.2) is 0 Å². The van der Waals surface area contributed by atoms with Crippen LogP contribution in [0.5, 0.6) is 0 Å². The number of nitrogens with zero attached hydrogens (tertiary/aromatic N) is 3. The summed E-state index contributed by atoms with van der Waals surface area (Å²) in [5, 5.41) is 8.24. The molecule has 1 aromatic heterocycles. The SMILES string of the molecule is CCOC(=O)C(CC)c1nnc2n1CCC2. The van der Waals surface area contributed by atoms with Crippen molar-refractivity contribution >= 4 is 5.97 Å². The second-order valence-corrected chi connectivity index (χ2v) is 3.94. The van der Waals surface area contributed by atoms with Crippen molar-refractivity contribution in [3.8, 4) is 0 Å². The predicted molar refractivity (Wildman–Crippen MR) is 58.0 cm³/mol. The average Bonchev–Trinajstić information content (AvgIpc) is 2.83. The van der Waals surface area contributed by atoms with E-state index in [0.717, 1.165) is 31.0 Å². The molecular formula is C11H17N3O2. The van der Waals surface area contributed by atoms with Gasteiger partial charge in [0.2, 0.25) is 0 Å². The molecule has 0 fully saturated rings. The van der Waals surface area contributed by atoms with Gasteiger partial charge < -0.3 is 9.30 Å². The van der Waals surface area contributed by atoms with Crippen LogP contribution in [0, 0.1) is 0 Å². The van der Waals surface area contributed by atoms with Gasteiger partial charge in [-0.25, -0.2) is 0 Å². The third-order valence-corrected chi connectivity index (χ3v) is 2.93. The van der Waals surface area contributed by atoms with Crippen molar-refractivity contribution in [2.24, 2.45) is 0 Å². The highest BCUT2D eigenvalue weighted by Crippen LogP contribution is 2.24. The van der Waals surface area contributed by atoms with Gasteiger partial charge in [0.05, 0.1) is 6.61 Å². The molecule has 0 bridgehead atoms. The van der Waals surface area contributed by atoms with Gasteiger partial charge in [0.15, 0.2) is 0 Å². The minimum atomic E-state index is -0.265. The first-order valence-electron chi connectivity index (χ1n) is 5.86. The largest absolute Gasteiger partial charge is 0.465 e. The first-order valence-corrected chi connectivity index (χ1v) is 5.86. The third kappa shape index (κ3) is 1.81. The monoisotopic (exact) mass is 223 g/mol. The first-order chi connectivity index (χ1) is 7.77. The lowest BCUT2D eigenvalue weighted by Crippen LogP contribution is -2.19. The Bertz CT molecular complexity index is 387. The maximum Gasteiger partial charge on any atom is 0.316 e. The Morgan fingerprint density at radius 2 is 2.31 bits per heavy atom. The Labute approximate surface area is 94.8 Å². The van der Waals surface area contributed by atoms with Crippen molar-refractivity contribution in [3.05, 3.63) is 11.6 Å². The highest BCUT2D eigenvalue weighted by Gasteiger charge is 2.28. The highest BCUT2D eigenvalue weighted by atomic mass is 16.5. The summed E-state index contributed by atoms with van der Waals surface area (Å²) >= 11 is 0. The normalized spacial score (nSPS) is 15.9. The van der Waals surface area contributed by atoms with Crippen LogP contribution in [0.1, 0.15) is 44.3 Å². The van der Waals surface area contributed by atoms with Crippen molar-refractivity contribution in [2.45, 2.75) is 45.6 Å². The molecule has 1 unspecified atom stereocenters. The molecule has 1 aliphatic heterocycles. The molecule has 2 heterocycles. The quantitative estimate of drug-likeness (QED) is 0.721. The van der Waals surface area contributed by atoms with Crippen LogP contribution in [0.25, 0.3) is 0 Å². The van der Waals surface area contributed by atoms with E-state index < -0.39 is 0 Å². The van der Waals surface area contributed by atoms with E-state index in [-0.39, 0.29) is 11.9 Å². The van der Waals surface area contributed by atoms with E-state index in [9.17, 15) is 4.79 Å². The van der Waals surface area contributed by atoms with Crippen molar-refractivity contribution in [1.82, 2.24) is 14.8 Å². The average molecular weight is 223 g/mol. The summed E-state index contributed by atoms with van der Waals surface area (Å²) in [7, 11) is 0. The number of carbonyl (C=O) groups is 1. The van der Waals surface area contributed by atoms with Gasteiger partial charge in [-0.2, -0.15) is 0 Å². The third-order valence-electron chi connectivity index (χ3n) is 2.93. The standard InChI is InChI=1S/C11H17N3O2/c1-3-8(11(15)16-4-2)10-13-12-9-6-5-7-14(9)10/h8H,3-7H2,1-2H3. The zero-order chi connectivity index (χ0) is 11.5. The molecule has 5 heteroatoms. The fraction of sp³-hybridized carbons (Fsp3) is 0.727. The number of rotatable bonds is 4. The number of carbonyl (C=O) groups excluding carboxylic acids is 1. The van der Waals surface area contributed by atoms with E-state index in [4.69, 9.17) is 4.74 Å². The van der Waals surface area contributed by atoms with E-state index >= 15 is 0 Å². The van der Waals surface area contributed by atoms with Crippen LogP contribution in [-0.2, 0) is 22.5 Å².